The Hall–Kier alpha value is 0.160. The summed E-state index contributed by atoms with van der Waals surface area (Å²) in [5.74, 6) is 0.133. The molecule has 1 fully saturated rings. The fourth-order valence-corrected chi connectivity index (χ4v) is 3.47. The zero-order chi connectivity index (χ0) is 11.5. The lowest BCUT2D eigenvalue weighted by molar-refractivity contribution is 0.0751. The van der Waals surface area contributed by atoms with Gasteiger partial charge in [0.15, 0.2) is 0 Å². The molecule has 0 aliphatic carbocycles. The van der Waals surface area contributed by atoms with Gasteiger partial charge in [0.1, 0.15) is 0 Å². The average Bonchev–Trinajstić information content (AvgIpc) is 2.41. The lowest BCUT2D eigenvalue weighted by Gasteiger charge is -2.24. The van der Waals surface area contributed by atoms with Crippen molar-refractivity contribution in [1.82, 2.24) is 4.31 Å². The molecule has 0 aromatic carbocycles. The number of ether oxygens (including phenoxy) is 1. The smallest absolute Gasteiger partial charge is 0.217 e. The fourth-order valence-electron chi connectivity index (χ4n) is 1.52. The van der Waals surface area contributed by atoms with Crippen LogP contribution < -0.4 is 0 Å². The minimum Gasteiger partial charge on any atom is -0.377 e. The van der Waals surface area contributed by atoms with Crippen molar-refractivity contribution in [3.8, 4) is 0 Å². The Labute approximate surface area is 96.6 Å². The zero-order valence-electron chi connectivity index (χ0n) is 9.15. The summed E-state index contributed by atoms with van der Waals surface area (Å²) in [6.45, 7) is 5.12. The molecule has 1 rings (SSSR count). The zero-order valence-corrected chi connectivity index (χ0v) is 10.7. The second-order valence-corrected chi connectivity index (χ2v) is 6.56. The van der Waals surface area contributed by atoms with Crippen LogP contribution in [0.1, 0.15) is 20.3 Å². The van der Waals surface area contributed by atoms with E-state index in [4.69, 9.17) is 16.3 Å². The molecule has 1 saturated heterocycles. The Balaban J connectivity index is 2.76. The first-order chi connectivity index (χ1) is 6.98. The Kier molecular flexibility index (Phi) is 4.83. The van der Waals surface area contributed by atoms with E-state index in [2.05, 4.69) is 0 Å². The van der Waals surface area contributed by atoms with E-state index >= 15 is 0 Å². The largest absolute Gasteiger partial charge is 0.377 e. The Morgan fingerprint density at radius 2 is 2.27 bits per heavy atom. The Morgan fingerprint density at radius 1 is 1.60 bits per heavy atom. The highest BCUT2D eigenvalue weighted by atomic mass is 35.5. The normalized spacial score (nSPS) is 27.3. The van der Waals surface area contributed by atoms with Crippen molar-refractivity contribution in [2.45, 2.75) is 31.6 Å². The van der Waals surface area contributed by atoms with Crippen LogP contribution in [0.25, 0.3) is 0 Å². The van der Waals surface area contributed by atoms with Gasteiger partial charge in [0.25, 0.3) is 0 Å². The van der Waals surface area contributed by atoms with E-state index in [1.54, 1.807) is 6.92 Å². The van der Waals surface area contributed by atoms with Crippen LogP contribution >= 0.6 is 11.6 Å². The van der Waals surface area contributed by atoms with Crippen molar-refractivity contribution in [2.75, 3.05) is 25.6 Å². The van der Waals surface area contributed by atoms with Crippen molar-refractivity contribution in [3.05, 3.63) is 0 Å². The third kappa shape index (κ3) is 3.31. The summed E-state index contributed by atoms with van der Waals surface area (Å²) < 4.78 is 30.9. The maximum atomic E-state index is 12.0. The third-order valence-corrected chi connectivity index (χ3v) is 5.38. The minimum absolute atomic E-state index is 0.0372. The summed E-state index contributed by atoms with van der Waals surface area (Å²) in [4.78, 5) is 0. The predicted octanol–water partition coefficient (Wildman–Crippen LogP) is 1.05. The monoisotopic (exact) mass is 255 g/mol. The van der Waals surface area contributed by atoms with Gasteiger partial charge in [-0.15, -0.1) is 11.6 Å². The maximum absolute atomic E-state index is 12.0. The first-order valence-corrected chi connectivity index (χ1v) is 7.18. The summed E-state index contributed by atoms with van der Waals surface area (Å²) in [6.07, 6.45) is 0.711. The second-order valence-electron chi connectivity index (χ2n) is 3.90. The molecule has 4 nitrogen and oxygen atoms in total. The predicted molar refractivity (Wildman–Crippen MR) is 60.7 cm³/mol. The molecule has 1 aliphatic rings. The molecule has 1 aliphatic heterocycles. The van der Waals surface area contributed by atoms with Gasteiger partial charge in [-0.2, -0.15) is 4.31 Å². The van der Waals surface area contributed by atoms with E-state index in [-0.39, 0.29) is 12.0 Å². The molecule has 0 spiro atoms. The van der Waals surface area contributed by atoms with Crippen molar-refractivity contribution >= 4 is 21.6 Å². The molecule has 0 saturated carbocycles. The Morgan fingerprint density at radius 3 is 2.87 bits per heavy atom. The standard InChI is InChI=1S/C9H18ClNO3S/c1-8-7-11(4-3-5-14-8)15(12,13)9(2)6-10/h8-9H,3-7H2,1-2H3. The van der Waals surface area contributed by atoms with Gasteiger partial charge in [-0.3, -0.25) is 0 Å². The van der Waals surface area contributed by atoms with Gasteiger partial charge in [0.05, 0.1) is 11.4 Å². The quantitative estimate of drug-likeness (QED) is 0.709. The van der Waals surface area contributed by atoms with E-state index < -0.39 is 15.3 Å². The van der Waals surface area contributed by atoms with Crippen molar-refractivity contribution in [3.63, 3.8) is 0 Å². The molecule has 0 aromatic heterocycles. The van der Waals surface area contributed by atoms with Gasteiger partial charge in [0, 0.05) is 25.6 Å². The van der Waals surface area contributed by atoms with E-state index in [0.717, 1.165) is 6.42 Å². The van der Waals surface area contributed by atoms with E-state index in [9.17, 15) is 8.42 Å². The summed E-state index contributed by atoms with van der Waals surface area (Å²) in [6, 6.07) is 0. The lowest BCUT2D eigenvalue weighted by Crippen LogP contribution is -2.41. The number of rotatable bonds is 3. The van der Waals surface area contributed by atoms with Crippen molar-refractivity contribution in [1.29, 1.82) is 0 Å². The molecule has 15 heavy (non-hydrogen) atoms. The first kappa shape index (κ1) is 13.2. The van der Waals surface area contributed by atoms with Crippen LogP contribution in [0, 0.1) is 0 Å². The van der Waals surface area contributed by atoms with E-state index in [1.165, 1.54) is 4.31 Å². The van der Waals surface area contributed by atoms with Crippen LogP contribution in [0.2, 0.25) is 0 Å². The third-order valence-electron chi connectivity index (χ3n) is 2.50. The second kappa shape index (κ2) is 5.48. The van der Waals surface area contributed by atoms with Crippen LogP contribution in [-0.2, 0) is 14.8 Å². The summed E-state index contributed by atoms with van der Waals surface area (Å²) >= 11 is 5.60. The topological polar surface area (TPSA) is 46.6 Å². The molecular formula is C9H18ClNO3S. The molecule has 0 N–H and O–H groups in total. The minimum atomic E-state index is -3.25. The molecule has 2 atom stereocenters. The van der Waals surface area contributed by atoms with Crippen LogP contribution in [0.5, 0.6) is 0 Å². The molecular weight excluding hydrogens is 238 g/mol. The summed E-state index contributed by atoms with van der Waals surface area (Å²) in [5.41, 5.74) is 0. The Bertz CT molecular complexity index is 294. The van der Waals surface area contributed by atoms with Crippen LogP contribution in [0.3, 0.4) is 0 Å². The average molecular weight is 256 g/mol. The van der Waals surface area contributed by atoms with Gasteiger partial charge >= 0.3 is 0 Å². The molecule has 0 aromatic rings. The SMILES string of the molecule is CC1CN(S(=O)(=O)C(C)CCl)CCCO1. The number of hydrogen-bond donors (Lipinski definition) is 0. The van der Waals surface area contributed by atoms with E-state index in [1.807, 2.05) is 6.92 Å². The molecule has 6 heteroatoms. The highest BCUT2D eigenvalue weighted by Gasteiger charge is 2.30. The fraction of sp³-hybridized carbons (Fsp3) is 1.00. The molecule has 0 radical (unpaired) electrons. The van der Waals surface area contributed by atoms with Crippen molar-refractivity contribution in [2.24, 2.45) is 0 Å². The maximum Gasteiger partial charge on any atom is 0.217 e. The molecule has 0 bridgehead atoms. The van der Waals surface area contributed by atoms with Crippen LogP contribution in [0.4, 0.5) is 0 Å². The lowest BCUT2D eigenvalue weighted by atomic mass is 10.4. The highest BCUT2D eigenvalue weighted by Crippen LogP contribution is 2.15. The number of hydrogen-bond acceptors (Lipinski definition) is 3. The molecule has 90 valence electrons. The summed E-state index contributed by atoms with van der Waals surface area (Å²) in [7, 11) is -3.25. The molecule has 0 amide bonds. The van der Waals surface area contributed by atoms with Crippen molar-refractivity contribution < 1.29 is 13.2 Å². The number of halogens is 1. The first-order valence-electron chi connectivity index (χ1n) is 5.15. The number of alkyl halides is 1. The van der Waals surface area contributed by atoms with Gasteiger partial charge in [-0.25, -0.2) is 8.42 Å². The van der Waals surface area contributed by atoms with Gasteiger partial charge in [0.2, 0.25) is 10.0 Å². The molecule has 2 unspecified atom stereocenters. The summed E-state index contributed by atoms with van der Waals surface area (Å²) in [5, 5.41) is -0.524. The van der Waals surface area contributed by atoms with Gasteiger partial charge in [-0.05, 0) is 20.3 Å². The number of nitrogens with zero attached hydrogens (tertiary/aromatic N) is 1. The highest BCUT2D eigenvalue weighted by molar-refractivity contribution is 7.89. The van der Waals surface area contributed by atoms with Gasteiger partial charge < -0.3 is 4.74 Å². The number of sulfonamides is 1. The van der Waals surface area contributed by atoms with E-state index in [0.29, 0.717) is 19.7 Å². The van der Waals surface area contributed by atoms with Crippen LogP contribution in [0.15, 0.2) is 0 Å². The van der Waals surface area contributed by atoms with Gasteiger partial charge in [-0.1, -0.05) is 0 Å². The molecule has 1 heterocycles. The van der Waals surface area contributed by atoms with Crippen LogP contribution in [-0.4, -0.2) is 49.7 Å².